The van der Waals surface area contributed by atoms with Crippen molar-refractivity contribution in [1.29, 1.82) is 0 Å². The lowest BCUT2D eigenvalue weighted by molar-refractivity contribution is -0.139. The molecule has 29 heavy (non-hydrogen) atoms. The Balaban J connectivity index is 2.18. The number of halogens is 2. The van der Waals surface area contributed by atoms with Crippen molar-refractivity contribution in [2.24, 2.45) is 0 Å². The Bertz CT molecular complexity index is 1190. The van der Waals surface area contributed by atoms with Crippen LogP contribution in [0.2, 0.25) is 10.0 Å². The van der Waals surface area contributed by atoms with E-state index < -0.39 is 22.4 Å². The molecule has 0 atom stereocenters. The largest absolute Gasteiger partial charge is 0.481 e. The molecule has 0 spiro atoms. The van der Waals surface area contributed by atoms with Gasteiger partial charge < -0.3 is 9.84 Å². The zero-order valence-electron chi connectivity index (χ0n) is 15.2. The maximum Gasteiger partial charge on any atom is 0.341 e. The number of benzene rings is 3. The van der Waals surface area contributed by atoms with E-state index in [9.17, 15) is 13.2 Å². The molecule has 8 heteroatoms. The first-order valence-electron chi connectivity index (χ1n) is 8.40. The summed E-state index contributed by atoms with van der Waals surface area (Å²) in [5, 5.41) is 9.78. The molecule has 150 valence electrons. The highest BCUT2D eigenvalue weighted by molar-refractivity contribution is 7.90. The Labute approximate surface area is 178 Å². The first-order chi connectivity index (χ1) is 13.6. The van der Waals surface area contributed by atoms with Crippen molar-refractivity contribution >= 4 is 39.0 Å². The molecule has 0 aliphatic heterocycles. The van der Waals surface area contributed by atoms with Crippen LogP contribution in [0.15, 0.2) is 65.6 Å². The molecule has 0 bridgehead atoms. The molecule has 0 saturated carbocycles. The predicted molar refractivity (Wildman–Crippen MR) is 114 cm³/mol. The number of sulfone groups is 1. The van der Waals surface area contributed by atoms with Gasteiger partial charge in [-0.3, -0.25) is 0 Å². The number of ether oxygens (including phenoxy) is 1. The SMILES string of the molecule is CS(=O)(=O)c1cc(-c2cc(Cl)ccc2OCC(=O)O)ccc1-c1cccc(Cl)c1. The third kappa shape index (κ3) is 5.09. The highest BCUT2D eigenvalue weighted by atomic mass is 35.5. The van der Waals surface area contributed by atoms with Gasteiger partial charge in [0, 0.05) is 27.4 Å². The molecule has 1 N–H and O–H groups in total. The van der Waals surface area contributed by atoms with Gasteiger partial charge in [-0.2, -0.15) is 0 Å². The molecule has 0 unspecified atom stereocenters. The molecule has 0 heterocycles. The number of rotatable bonds is 6. The van der Waals surface area contributed by atoms with Gasteiger partial charge in [-0.15, -0.1) is 0 Å². The second-order valence-corrected chi connectivity index (χ2v) is 9.17. The van der Waals surface area contributed by atoms with Crippen LogP contribution in [0.1, 0.15) is 0 Å². The van der Waals surface area contributed by atoms with Gasteiger partial charge in [-0.1, -0.05) is 47.5 Å². The van der Waals surface area contributed by atoms with Crippen LogP contribution in [0, 0.1) is 0 Å². The minimum atomic E-state index is -3.58. The van der Waals surface area contributed by atoms with E-state index in [0.29, 0.717) is 32.3 Å². The summed E-state index contributed by atoms with van der Waals surface area (Å²) in [7, 11) is -3.58. The van der Waals surface area contributed by atoms with Crippen molar-refractivity contribution in [1.82, 2.24) is 0 Å². The van der Waals surface area contributed by atoms with E-state index in [0.717, 1.165) is 6.26 Å². The molecule has 3 rings (SSSR count). The van der Waals surface area contributed by atoms with Gasteiger partial charge in [-0.05, 0) is 47.5 Å². The van der Waals surface area contributed by atoms with E-state index in [1.807, 2.05) is 0 Å². The molecule has 0 radical (unpaired) electrons. The molecule has 3 aromatic rings. The Kier molecular flexibility index (Phi) is 6.17. The molecule has 0 aromatic heterocycles. The number of carboxylic acids is 1. The van der Waals surface area contributed by atoms with Crippen LogP contribution in [0.5, 0.6) is 5.75 Å². The molecule has 0 fully saturated rings. The standard InChI is InChI=1S/C21H16Cl2O5S/c1-29(26,27)20-10-14(5-7-17(20)13-3-2-4-15(22)9-13)18-11-16(23)6-8-19(18)28-12-21(24)25/h2-11H,12H2,1H3,(H,24,25). The third-order valence-electron chi connectivity index (χ3n) is 4.12. The molecule has 3 aromatic carbocycles. The molecule has 5 nitrogen and oxygen atoms in total. The minimum Gasteiger partial charge on any atom is -0.481 e. The second kappa shape index (κ2) is 8.45. The average Bonchev–Trinajstić information content (AvgIpc) is 2.65. The zero-order valence-corrected chi connectivity index (χ0v) is 17.6. The van der Waals surface area contributed by atoms with Crippen molar-refractivity contribution in [3.63, 3.8) is 0 Å². The number of aliphatic carboxylic acids is 1. The predicted octanol–water partition coefficient (Wildman–Crippen LogP) is 5.19. The first kappa shape index (κ1) is 21.2. The van der Waals surface area contributed by atoms with Crippen molar-refractivity contribution in [2.75, 3.05) is 12.9 Å². The number of carboxylic acid groups (broad SMARTS) is 1. The Morgan fingerprint density at radius 2 is 1.62 bits per heavy atom. The van der Waals surface area contributed by atoms with Gasteiger partial charge in [0.05, 0.1) is 4.90 Å². The summed E-state index contributed by atoms with van der Waals surface area (Å²) in [6.07, 6.45) is 1.12. The van der Waals surface area contributed by atoms with Crippen molar-refractivity contribution in [3.8, 4) is 28.0 Å². The van der Waals surface area contributed by atoms with Crippen LogP contribution in [-0.4, -0.2) is 32.4 Å². The lowest BCUT2D eigenvalue weighted by Crippen LogP contribution is -2.10. The smallest absolute Gasteiger partial charge is 0.341 e. The molecule has 0 aliphatic rings. The highest BCUT2D eigenvalue weighted by Crippen LogP contribution is 2.37. The third-order valence-corrected chi connectivity index (χ3v) is 5.73. The summed E-state index contributed by atoms with van der Waals surface area (Å²) < 4.78 is 30.3. The fraction of sp³-hybridized carbons (Fsp3) is 0.0952. The van der Waals surface area contributed by atoms with Gasteiger partial charge in [0.25, 0.3) is 0 Å². The zero-order chi connectivity index (χ0) is 21.2. The lowest BCUT2D eigenvalue weighted by Gasteiger charge is -2.14. The fourth-order valence-electron chi connectivity index (χ4n) is 2.88. The Morgan fingerprint density at radius 1 is 0.931 bits per heavy atom. The molecule has 0 aliphatic carbocycles. The summed E-state index contributed by atoms with van der Waals surface area (Å²) in [4.78, 5) is 11.0. The Hall–Kier alpha value is -2.54. The summed E-state index contributed by atoms with van der Waals surface area (Å²) in [6.45, 7) is -0.534. The summed E-state index contributed by atoms with van der Waals surface area (Å²) in [5.74, 6) is -0.842. The highest BCUT2D eigenvalue weighted by Gasteiger charge is 2.18. The maximum atomic E-state index is 12.5. The van der Waals surface area contributed by atoms with E-state index >= 15 is 0 Å². The molecular weight excluding hydrogens is 435 g/mol. The van der Waals surface area contributed by atoms with Crippen molar-refractivity contribution in [2.45, 2.75) is 4.90 Å². The van der Waals surface area contributed by atoms with Gasteiger partial charge in [0.15, 0.2) is 16.4 Å². The van der Waals surface area contributed by atoms with E-state index in [1.165, 1.54) is 6.07 Å². The van der Waals surface area contributed by atoms with Crippen molar-refractivity contribution < 1.29 is 23.1 Å². The van der Waals surface area contributed by atoms with Gasteiger partial charge >= 0.3 is 5.97 Å². The van der Waals surface area contributed by atoms with Crippen LogP contribution in [0.3, 0.4) is 0 Å². The molecular formula is C21H16Cl2O5S. The van der Waals surface area contributed by atoms with Gasteiger partial charge in [0.1, 0.15) is 5.75 Å². The number of carbonyl (C=O) groups is 1. The maximum absolute atomic E-state index is 12.5. The fourth-order valence-corrected chi connectivity index (χ4v) is 4.17. The van der Waals surface area contributed by atoms with Crippen LogP contribution < -0.4 is 4.74 Å². The first-order valence-corrected chi connectivity index (χ1v) is 11.0. The van der Waals surface area contributed by atoms with E-state index in [-0.39, 0.29) is 10.6 Å². The van der Waals surface area contributed by atoms with E-state index in [2.05, 4.69) is 0 Å². The molecule has 0 amide bonds. The lowest BCUT2D eigenvalue weighted by atomic mass is 9.99. The number of hydrogen-bond donors (Lipinski definition) is 1. The molecule has 0 saturated heterocycles. The quantitative estimate of drug-likeness (QED) is 0.558. The topological polar surface area (TPSA) is 80.7 Å². The normalized spacial score (nSPS) is 11.3. The van der Waals surface area contributed by atoms with Crippen LogP contribution in [0.25, 0.3) is 22.3 Å². The monoisotopic (exact) mass is 450 g/mol. The van der Waals surface area contributed by atoms with Crippen molar-refractivity contribution in [3.05, 3.63) is 70.7 Å². The van der Waals surface area contributed by atoms with Crippen LogP contribution in [-0.2, 0) is 14.6 Å². The van der Waals surface area contributed by atoms with Crippen LogP contribution in [0.4, 0.5) is 0 Å². The summed E-state index contributed by atoms with van der Waals surface area (Å²) in [5.41, 5.74) is 2.19. The number of hydrogen-bond acceptors (Lipinski definition) is 4. The Morgan fingerprint density at radius 3 is 2.28 bits per heavy atom. The average molecular weight is 451 g/mol. The van der Waals surface area contributed by atoms with Crippen LogP contribution >= 0.6 is 23.2 Å². The minimum absolute atomic E-state index is 0.112. The second-order valence-electron chi connectivity index (χ2n) is 6.32. The van der Waals surface area contributed by atoms with E-state index in [4.69, 9.17) is 33.0 Å². The van der Waals surface area contributed by atoms with Gasteiger partial charge in [-0.25, -0.2) is 13.2 Å². The summed E-state index contributed by atoms with van der Waals surface area (Å²) >= 11 is 12.2. The van der Waals surface area contributed by atoms with E-state index in [1.54, 1.807) is 54.6 Å². The van der Waals surface area contributed by atoms with Gasteiger partial charge in [0.2, 0.25) is 0 Å². The summed E-state index contributed by atoms with van der Waals surface area (Å²) in [6, 6.07) is 16.5.